The largest absolute Gasteiger partial charge is 0.376 e. The highest BCUT2D eigenvalue weighted by Crippen LogP contribution is 2.34. The molecule has 1 aromatic rings. The minimum absolute atomic E-state index is 0. The van der Waals surface area contributed by atoms with Gasteiger partial charge in [0, 0.05) is 13.1 Å². The first kappa shape index (κ1) is 21.4. The molecule has 0 radical (unpaired) electrons. The van der Waals surface area contributed by atoms with Crippen molar-refractivity contribution in [2.75, 3.05) is 19.7 Å². The van der Waals surface area contributed by atoms with E-state index in [0.717, 1.165) is 32.1 Å². The summed E-state index contributed by atoms with van der Waals surface area (Å²) in [6.07, 6.45) is 4.30. The van der Waals surface area contributed by atoms with E-state index in [0.29, 0.717) is 30.8 Å². The average Bonchev–Trinajstić information content (AvgIpc) is 3.24. The quantitative estimate of drug-likeness (QED) is 0.346. The van der Waals surface area contributed by atoms with Crippen LogP contribution in [0.25, 0.3) is 0 Å². The first-order valence-corrected chi connectivity index (χ1v) is 9.56. The molecule has 0 spiro atoms. The van der Waals surface area contributed by atoms with E-state index in [-0.39, 0.29) is 24.0 Å². The van der Waals surface area contributed by atoms with Gasteiger partial charge in [0.05, 0.1) is 31.5 Å². The fraction of sp³-hybridized carbons (Fsp3) is 0.650. The molecule has 26 heavy (non-hydrogen) atoms. The van der Waals surface area contributed by atoms with E-state index in [1.807, 2.05) is 18.2 Å². The number of hydrogen-bond acceptors (Lipinski definition) is 3. The van der Waals surface area contributed by atoms with Crippen molar-refractivity contribution in [3.63, 3.8) is 0 Å². The Morgan fingerprint density at radius 2 is 2.12 bits per heavy atom. The van der Waals surface area contributed by atoms with Crippen LogP contribution in [0.3, 0.4) is 0 Å². The summed E-state index contributed by atoms with van der Waals surface area (Å²) in [4.78, 5) is 4.74. The number of benzene rings is 1. The number of rotatable bonds is 8. The lowest BCUT2D eigenvalue weighted by atomic mass is 9.96. The van der Waals surface area contributed by atoms with Crippen LogP contribution >= 0.6 is 24.0 Å². The van der Waals surface area contributed by atoms with Crippen LogP contribution in [0, 0.1) is 5.92 Å². The van der Waals surface area contributed by atoms with Crippen molar-refractivity contribution < 1.29 is 9.47 Å². The summed E-state index contributed by atoms with van der Waals surface area (Å²) in [6.45, 7) is 7.28. The highest BCUT2D eigenvalue weighted by atomic mass is 127. The number of nitrogens with one attached hydrogen (secondary N) is 2. The Morgan fingerprint density at radius 1 is 1.31 bits per heavy atom. The molecule has 2 saturated heterocycles. The van der Waals surface area contributed by atoms with E-state index in [1.54, 1.807) is 0 Å². The molecular weight excluding hydrogens is 441 g/mol. The lowest BCUT2D eigenvalue weighted by Gasteiger charge is -2.23. The molecule has 4 unspecified atom stereocenters. The molecule has 0 amide bonds. The van der Waals surface area contributed by atoms with Gasteiger partial charge in [-0.2, -0.15) is 0 Å². The zero-order chi connectivity index (χ0) is 17.5. The molecule has 4 atom stereocenters. The number of ether oxygens (including phenoxy) is 2. The molecule has 2 N–H and O–H groups in total. The van der Waals surface area contributed by atoms with Crippen molar-refractivity contribution in [3.8, 4) is 0 Å². The summed E-state index contributed by atoms with van der Waals surface area (Å²) < 4.78 is 11.7. The summed E-state index contributed by atoms with van der Waals surface area (Å²) >= 11 is 0. The van der Waals surface area contributed by atoms with E-state index in [4.69, 9.17) is 14.5 Å². The van der Waals surface area contributed by atoms with Crippen LogP contribution in [-0.4, -0.2) is 43.9 Å². The molecule has 2 aliphatic rings. The molecule has 146 valence electrons. The number of guanidine groups is 1. The van der Waals surface area contributed by atoms with Crippen LogP contribution in [0.15, 0.2) is 35.3 Å². The first-order chi connectivity index (χ1) is 12.2. The summed E-state index contributed by atoms with van der Waals surface area (Å²) in [6, 6.07) is 10.7. The second-order valence-electron chi connectivity index (χ2n) is 7.19. The Kier molecular flexibility index (Phi) is 9.15. The monoisotopic (exact) mass is 473 g/mol. The maximum atomic E-state index is 5.92. The molecule has 1 aromatic carbocycles. The van der Waals surface area contributed by atoms with Crippen LogP contribution in [0.1, 0.15) is 38.7 Å². The first-order valence-electron chi connectivity index (χ1n) is 9.56. The smallest absolute Gasteiger partial charge is 0.191 e. The van der Waals surface area contributed by atoms with Gasteiger partial charge in [0.25, 0.3) is 0 Å². The van der Waals surface area contributed by atoms with Gasteiger partial charge in [0.2, 0.25) is 0 Å². The number of hydrogen-bond donors (Lipinski definition) is 2. The van der Waals surface area contributed by atoms with Gasteiger partial charge in [0.15, 0.2) is 5.96 Å². The normalized spacial score (nSPS) is 25.6. The third-order valence-corrected chi connectivity index (χ3v) is 4.85. The predicted molar refractivity (Wildman–Crippen MR) is 116 cm³/mol. The van der Waals surface area contributed by atoms with E-state index < -0.39 is 0 Å². The van der Waals surface area contributed by atoms with E-state index >= 15 is 0 Å². The molecule has 6 heteroatoms. The molecule has 0 saturated carbocycles. The molecule has 2 fully saturated rings. The van der Waals surface area contributed by atoms with Crippen LogP contribution in [0.5, 0.6) is 0 Å². The lowest BCUT2D eigenvalue weighted by Crippen LogP contribution is -2.47. The van der Waals surface area contributed by atoms with Gasteiger partial charge in [0.1, 0.15) is 0 Å². The van der Waals surface area contributed by atoms with Crippen molar-refractivity contribution in [1.29, 1.82) is 0 Å². The Bertz CT molecular complexity index is 555. The van der Waals surface area contributed by atoms with Gasteiger partial charge in [-0.25, -0.2) is 0 Å². The fourth-order valence-corrected chi connectivity index (χ4v) is 3.54. The molecule has 2 heterocycles. The second-order valence-corrected chi connectivity index (χ2v) is 7.19. The summed E-state index contributed by atoms with van der Waals surface area (Å²) in [5.74, 6) is 1.29. The number of aliphatic imine (C=N–C) groups is 1. The minimum atomic E-state index is 0. The minimum Gasteiger partial charge on any atom is -0.376 e. The number of fused-ring (bicyclic) bond motifs is 2. The Morgan fingerprint density at radius 3 is 2.77 bits per heavy atom. The summed E-state index contributed by atoms with van der Waals surface area (Å²) in [5, 5.41) is 6.91. The summed E-state index contributed by atoms with van der Waals surface area (Å²) in [5.41, 5.74) is 1.21. The van der Waals surface area contributed by atoms with Crippen LogP contribution in [0.2, 0.25) is 0 Å². The lowest BCUT2D eigenvalue weighted by molar-refractivity contribution is 0.0943. The van der Waals surface area contributed by atoms with Gasteiger partial charge in [-0.05, 0) is 37.7 Å². The van der Waals surface area contributed by atoms with Gasteiger partial charge < -0.3 is 20.1 Å². The van der Waals surface area contributed by atoms with Crippen LogP contribution in [0.4, 0.5) is 0 Å². The van der Waals surface area contributed by atoms with Crippen LogP contribution < -0.4 is 10.6 Å². The molecule has 0 aliphatic carbocycles. The fourth-order valence-electron chi connectivity index (χ4n) is 3.54. The van der Waals surface area contributed by atoms with E-state index in [2.05, 4.69) is 36.6 Å². The van der Waals surface area contributed by atoms with Crippen molar-refractivity contribution >= 4 is 29.9 Å². The third-order valence-electron chi connectivity index (χ3n) is 4.85. The molecule has 5 nitrogen and oxygen atoms in total. The zero-order valence-electron chi connectivity index (χ0n) is 15.8. The Hall–Kier alpha value is -0.860. The molecular formula is C20H32IN3O2. The van der Waals surface area contributed by atoms with E-state index in [1.165, 1.54) is 18.4 Å². The van der Waals surface area contributed by atoms with Crippen molar-refractivity contribution in [3.05, 3.63) is 35.9 Å². The van der Waals surface area contributed by atoms with Crippen molar-refractivity contribution in [1.82, 2.24) is 10.6 Å². The van der Waals surface area contributed by atoms with Crippen molar-refractivity contribution in [2.45, 2.75) is 58.0 Å². The van der Waals surface area contributed by atoms with Gasteiger partial charge >= 0.3 is 0 Å². The maximum absolute atomic E-state index is 5.92. The predicted octanol–water partition coefficient (Wildman–Crippen LogP) is 3.33. The van der Waals surface area contributed by atoms with Crippen LogP contribution in [-0.2, 0) is 16.1 Å². The number of nitrogens with zero attached hydrogens (tertiary/aromatic N) is 1. The van der Waals surface area contributed by atoms with Gasteiger partial charge in [-0.1, -0.05) is 37.3 Å². The Labute approximate surface area is 174 Å². The maximum Gasteiger partial charge on any atom is 0.191 e. The molecule has 3 rings (SSSR count). The van der Waals surface area contributed by atoms with Gasteiger partial charge in [-0.15, -0.1) is 24.0 Å². The van der Waals surface area contributed by atoms with E-state index in [9.17, 15) is 0 Å². The SMILES string of the molecule is CCNC(=NCC(C)COCc1ccccc1)NC1CC2CCC1O2.I. The number of halogens is 1. The Balaban J connectivity index is 0.00000243. The summed E-state index contributed by atoms with van der Waals surface area (Å²) in [7, 11) is 0. The van der Waals surface area contributed by atoms with Crippen molar-refractivity contribution in [2.24, 2.45) is 10.9 Å². The molecule has 2 bridgehead atoms. The van der Waals surface area contributed by atoms with Gasteiger partial charge in [-0.3, -0.25) is 4.99 Å². The average molecular weight is 473 g/mol. The molecule has 0 aromatic heterocycles. The topological polar surface area (TPSA) is 54.9 Å². The third kappa shape index (κ3) is 6.39. The zero-order valence-corrected chi connectivity index (χ0v) is 18.1. The highest BCUT2D eigenvalue weighted by Gasteiger charge is 2.41. The second kappa shape index (κ2) is 11.1. The standard InChI is InChI=1S/C20H31N3O2.HI/c1-3-21-20(23-18-11-17-9-10-19(18)25-17)22-12-15(2)13-24-14-16-7-5-4-6-8-16;/h4-8,15,17-19H,3,9-14H2,1-2H3,(H2,21,22,23);1H. The molecule has 2 aliphatic heterocycles. The highest BCUT2D eigenvalue weighted by molar-refractivity contribution is 14.0.